The molecule has 126 valence electrons. The number of rotatable bonds is 4. The first kappa shape index (κ1) is 15.6. The molecule has 1 N–H and O–H groups in total. The predicted molar refractivity (Wildman–Crippen MR) is 94.1 cm³/mol. The first-order valence-corrected chi connectivity index (χ1v) is 8.36. The van der Waals surface area contributed by atoms with Crippen LogP contribution in [0.4, 0.5) is 10.2 Å². The Morgan fingerprint density at radius 2 is 1.76 bits per heavy atom. The van der Waals surface area contributed by atoms with Gasteiger partial charge in [-0.3, -0.25) is 4.79 Å². The van der Waals surface area contributed by atoms with Gasteiger partial charge in [0.2, 0.25) is 5.91 Å². The van der Waals surface area contributed by atoms with Crippen LogP contribution in [0.25, 0.3) is 5.69 Å². The Bertz CT molecular complexity index is 883. The molecule has 1 fully saturated rings. The van der Waals surface area contributed by atoms with Gasteiger partial charge in [0.1, 0.15) is 5.82 Å². The van der Waals surface area contributed by atoms with E-state index >= 15 is 0 Å². The van der Waals surface area contributed by atoms with Gasteiger partial charge in [-0.25, -0.2) is 9.07 Å². The normalized spacial score (nSPS) is 15.4. The maximum atomic E-state index is 13.2. The van der Waals surface area contributed by atoms with Crippen LogP contribution in [0.3, 0.4) is 0 Å². The molecule has 5 heteroatoms. The van der Waals surface area contributed by atoms with Crippen LogP contribution in [-0.4, -0.2) is 15.7 Å². The van der Waals surface area contributed by atoms with Crippen molar-refractivity contribution in [2.75, 3.05) is 5.32 Å². The van der Waals surface area contributed by atoms with Crippen LogP contribution in [0.1, 0.15) is 24.8 Å². The third kappa shape index (κ3) is 2.82. The molecule has 0 aliphatic heterocycles. The minimum Gasteiger partial charge on any atom is -0.308 e. The van der Waals surface area contributed by atoms with E-state index in [-0.39, 0.29) is 11.7 Å². The van der Waals surface area contributed by atoms with Crippen molar-refractivity contribution in [2.45, 2.75) is 24.7 Å². The monoisotopic (exact) mass is 335 g/mol. The SMILES string of the molecule is O=C(Nc1ccn(-c2ccccc2)n1)C1(c2ccc(F)cc2)CCC1. The van der Waals surface area contributed by atoms with Crippen molar-refractivity contribution in [3.05, 3.63) is 78.2 Å². The van der Waals surface area contributed by atoms with Gasteiger partial charge >= 0.3 is 0 Å². The molecule has 4 nitrogen and oxygen atoms in total. The summed E-state index contributed by atoms with van der Waals surface area (Å²) in [6, 6.07) is 17.7. The highest BCUT2D eigenvalue weighted by Crippen LogP contribution is 2.44. The lowest BCUT2D eigenvalue weighted by molar-refractivity contribution is -0.124. The van der Waals surface area contributed by atoms with E-state index in [9.17, 15) is 9.18 Å². The second-order valence-electron chi connectivity index (χ2n) is 6.38. The van der Waals surface area contributed by atoms with Crippen molar-refractivity contribution in [3.8, 4) is 5.69 Å². The van der Waals surface area contributed by atoms with E-state index in [1.807, 2.05) is 36.5 Å². The van der Waals surface area contributed by atoms with E-state index < -0.39 is 5.41 Å². The van der Waals surface area contributed by atoms with E-state index in [0.717, 1.165) is 30.5 Å². The Balaban J connectivity index is 1.55. The van der Waals surface area contributed by atoms with Crippen molar-refractivity contribution in [1.82, 2.24) is 9.78 Å². The van der Waals surface area contributed by atoms with Gasteiger partial charge in [0.25, 0.3) is 0 Å². The fraction of sp³-hybridized carbons (Fsp3) is 0.200. The smallest absolute Gasteiger partial charge is 0.236 e. The lowest BCUT2D eigenvalue weighted by Crippen LogP contribution is -2.46. The fourth-order valence-electron chi connectivity index (χ4n) is 3.30. The number of halogens is 1. The molecule has 0 bridgehead atoms. The summed E-state index contributed by atoms with van der Waals surface area (Å²) in [5, 5.41) is 7.35. The van der Waals surface area contributed by atoms with Crippen molar-refractivity contribution in [3.63, 3.8) is 0 Å². The van der Waals surface area contributed by atoms with Crippen molar-refractivity contribution >= 4 is 11.7 Å². The van der Waals surface area contributed by atoms with E-state index in [1.54, 1.807) is 22.9 Å². The second-order valence-corrected chi connectivity index (χ2v) is 6.38. The number of carbonyl (C=O) groups is 1. The predicted octanol–water partition coefficient (Wildman–Crippen LogP) is 4.07. The zero-order chi connectivity index (χ0) is 17.3. The minimum atomic E-state index is -0.579. The number of aromatic nitrogens is 2. The summed E-state index contributed by atoms with van der Waals surface area (Å²) in [4.78, 5) is 12.9. The lowest BCUT2D eigenvalue weighted by Gasteiger charge is -2.40. The van der Waals surface area contributed by atoms with Crippen molar-refractivity contribution < 1.29 is 9.18 Å². The molecule has 0 saturated heterocycles. The first-order chi connectivity index (χ1) is 12.2. The average Bonchev–Trinajstić information content (AvgIpc) is 3.05. The summed E-state index contributed by atoms with van der Waals surface area (Å²) in [5.74, 6) is 0.145. The molecule has 3 aromatic rings. The summed E-state index contributed by atoms with van der Waals surface area (Å²) >= 11 is 0. The molecule has 2 aromatic carbocycles. The van der Waals surface area contributed by atoms with Gasteiger partial charge in [-0.1, -0.05) is 36.8 Å². The Kier molecular flexibility index (Phi) is 3.84. The molecular weight excluding hydrogens is 317 g/mol. The van der Waals surface area contributed by atoms with Crippen LogP contribution in [0, 0.1) is 5.82 Å². The van der Waals surface area contributed by atoms with E-state index in [4.69, 9.17) is 0 Å². The number of hydrogen-bond donors (Lipinski definition) is 1. The van der Waals surface area contributed by atoms with Gasteiger partial charge in [0.15, 0.2) is 5.82 Å². The quantitative estimate of drug-likeness (QED) is 0.781. The van der Waals surface area contributed by atoms with E-state index in [2.05, 4.69) is 10.4 Å². The zero-order valence-electron chi connectivity index (χ0n) is 13.7. The largest absolute Gasteiger partial charge is 0.308 e. The molecule has 0 unspecified atom stereocenters. The number of benzene rings is 2. The molecule has 4 rings (SSSR count). The first-order valence-electron chi connectivity index (χ1n) is 8.36. The van der Waals surface area contributed by atoms with Gasteiger partial charge in [-0.2, -0.15) is 5.10 Å². The Labute approximate surface area is 145 Å². The number of nitrogens with zero attached hydrogens (tertiary/aromatic N) is 2. The molecular formula is C20H18FN3O. The Hall–Kier alpha value is -2.95. The molecule has 1 saturated carbocycles. The molecule has 1 aliphatic rings. The third-order valence-electron chi connectivity index (χ3n) is 4.89. The average molecular weight is 335 g/mol. The van der Waals surface area contributed by atoms with Crippen molar-refractivity contribution in [1.29, 1.82) is 0 Å². The van der Waals surface area contributed by atoms with Crippen LogP contribution < -0.4 is 5.32 Å². The number of para-hydroxylation sites is 1. The van der Waals surface area contributed by atoms with Crippen molar-refractivity contribution in [2.24, 2.45) is 0 Å². The molecule has 25 heavy (non-hydrogen) atoms. The van der Waals surface area contributed by atoms with Gasteiger partial charge in [-0.15, -0.1) is 0 Å². The molecule has 0 atom stereocenters. The molecule has 1 heterocycles. The maximum absolute atomic E-state index is 13.2. The number of anilines is 1. The standard InChI is InChI=1S/C20H18FN3O/c21-16-9-7-15(8-10-16)20(12-4-13-20)19(25)22-18-11-14-24(23-18)17-5-2-1-3-6-17/h1-3,5-11,14H,4,12-13H2,(H,22,23,25). The summed E-state index contributed by atoms with van der Waals surface area (Å²) in [6.45, 7) is 0. The highest BCUT2D eigenvalue weighted by Gasteiger charge is 2.45. The fourth-order valence-corrected chi connectivity index (χ4v) is 3.30. The van der Waals surface area contributed by atoms with Gasteiger partial charge < -0.3 is 5.32 Å². The molecule has 1 amide bonds. The maximum Gasteiger partial charge on any atom is 0.236 e. The summed E-state index contributed by atoms with van der Waals surface area (Å²) in [5.41, 5.74) is 1.21. The van der Waals surface area contributed by atoms with Crippen LogP contribution in [0.5, 0.6) is 0 Å². The van der Waals surface area contributed by atoms with Crippen LogP contribution >= 0.6 is 0 Å². The van der Waals surface area contributed by atoms with E-state index in [1.165, 1.54) is 12.1 Å². The Morgan fingerprint density at radius 3 is 2.40 bits per heavy atom. The minimum absolute atomic E-state index is 0.0799. The number of amides is 1. The Morgan fingerprint density at radius 1 is 1.04 bits per heavy atom. The highest BCUT2D eigenvalue weighted by molar-refractivity contribution is 5.99. The number of nitrogens with one attached hydrogen (secondary N) is 1. The van der Waals surface area contributed by atoms with Gasteiger partial charge in [-0.05, 0) is 42.7 Å². The third-order valence-corrected chi connectivity index (χ3v) is 4.89. The molecule has 1 aliphatic carbocycles. The van der Waals surface area contributed by atoms with Gasteiger partial charge in [0, 0.05) is 12.3 Å². The topological polar surface area (TPSA) is 46.9 Å². The lowest BCUT2D eigenvalue weighted by atomic mass is 9.64. The highest BCUT2D eigenvalue weighted by atomic mass is 19.1. The van der Waals surface area contributed by atoms with E-state index in [0.29, 0.717) is 5.82 Å². The van der Waals surface area contributed by atoms with Crippen LogP contribution in [-0.2, 0) is 10.2 Å². The number of carbonyl (C=O) groups excluding carboxylic acids is 1. The second kappa shape index (κ2) is 6.16. The molecule has 0 radical (unpaired) electrons. The van der Waals surface area contributed by atoms with Crippen LogP contribution in [0.15, 0.2) is 66.9 Å². The molecule has 0 spiro atoms. The molecule has 1 aromatic heterocycles. The zero-order valence-corrected chi connectivity index (χ0v) is 13.7. The van der Waals surface area contributed by atoms with Gasteiger partial charge in [0.05, 0.1) is 11.1 Å². The number of hydrogen-bond acceptors (Lipinski definition) is 2. The van der Waals surface area contributed by atoms with Crippen LogP contribution in [0.2, 0.25) is 0 Å². The summed E-state index contributed by atoms with van der Waals surface area (Å²) in [6.07, 6.45) is 4.34. The summed E-state index contributed by atoms with van der Waals surface area (Å²) in [7, 11) is 0. The summed E-state index contributed by atoms with van der Waals surface area (Å²) < 4.78 is 14.9.